The van der Waals surface area contributed by atoms with E-state index in [-0.39, 0.29) is 30.9 Å². The van der Waals surface area contributed by atoms with Crippen LogP contribution < -0.4 is 5.32 Å². The highest BCUT2D eigenvalue weighted by Crippen LogP contribution is 2.32. The van der Waals surface area contributed by atoms with E-state index in [0.717, 1.165) is 36.2 Å². The van der Waals surface area contributed by atoms with Crippen molar-refractivity contribution < 1.29 is 9.90 Å². The summed E-state index contributed by atoms with van der Waals surface area (Å²) in [6.45, 7) is 8.68. The summed E-state index contributed by atoms with van der Waals surface area (Å²) in [5, 5.41) is 13.3. The number of fused-ring (bicyclic) bond motifs is 3. The Bertz CT molecular complexity index is 1490. The van der Waals surface area contributed by atoms with Gasteiger partial charge >= 0.3 is 0 Å². The first-order chi connectivity index (χ1) is 19.5. The molecule has 40 heavy (non-hydrogen) atoms. The maximum Gasteiger partial charge on any atom is 0.227 e. The van der Waals surface area contributed by atoms with Gasteiger partial charge in [-0.1, -0.05) is 106 Å². The largest absolute Gasteiger partial charge is 0.395 e. The predicted octanol–water partition coefficient (Wildman–Crippen LogP) is 7.01. The molecule has 0 spiro atoms. The van der Waals surface area contributed by atoms with Gasteiger partial charge in [-0.2, -0.15) is 0 Å². The van der Waals surface area contributed by atoms with Gasteiger partial charge < -0.3 is 10.4 Å². The molecule has 2 N–H and O–H groups in total. The van der Waals surface area contributed by atoms with Gasteiger partial charge in [-0.05, 0) is 43.0 Å². The zero-order valence-corrected chi connectivity index (χ0v) is 24.1. The molecule has 2 heterocycles. The molecule has 5 nitrogen and oxygen atoms in total. The van der Waals surface area contributed by atoms with Gasteiger partial charge in [0.15, 0.2) is 0 Å². The summed E-state index contributed by atoms with van der Waals surface area (Å²) in [5.74, 6) is 0.0489. The van der Waals surface area contributed by atoms with Crippen LogP contribution in [0.4, 0.5) is 0 Å². The molecule has 5 heteroatoms. The van der Waals surface area contributed by atoms with E-state index in [0.29, 0.717) is 0 Å². The van der Waals surface area contributed by atoms with Gasteiger partial charge in [0.25, 0.3) is 0 Å². The van der Waals surface area contributed by atoms with Crippen LogP contribution in [0.25, 0.3) is 16.6 Å². The van der Waals surface area contributed by atoms with Gasteiger partial charge in [0, 0.05) is 35.3 Å². The quantitative estimate of drug-likeness (QED) is 0.213. The lowest BCUT2D eigenvalue weighted by molar-refractivity contribution is -0.124. The number of carbonyl (C=O) groups excluding carboxylic acids is 1. The molecular formula is C35H41N3O2. The van der Waals surface area contributed by atoms with E-state index in [9.17, 15) is 4.79 Å². The van der Waals surface area contributed by atoms with Crippen molar-refractivity contribution in [1.82, 2.24) is 14.7 Å². The zero-order chi connectivity index (χ0) is 28.5. The number of aryl methyl sites for hydroxylation is 2. The number of carbonyl (C=O) groups is 1. The number of aromatic nitrogens is 2. The van der Waals surface area contributed by atoms with Crippen molar-refractivity contribution in [2.45, 2.75) is 52.9 Å². The smallest absolute Gasteiger partial charge is 0.227 e. The summed E-state index contributed by atoms with van der Waals surface area (Å²) in [7, 11) is 0. The molecule has 0 radical (unpaired) electrons. The third-order valence-electron chi connectivity index (χ3n) is 7.60. The maximum atomic E-state index is 12.9. The summed E-state index contributed by atoms with van der Waals surface area (Å²) in [6.07, 6.45) is 2.64. The molecule has 5 rings (SSSR count). The average molecular weight is 536 g/mol. The van der Waals surface area contributed by atoms with Crippen molar-refractivity contribution in [3.05, 3.63) is 119 Å². The number of amides is 1. The summed E-state index contributed by atoms with van der Waals surface area (Å²) in [4.78, 5) is 17.8. The van der Waals surface area contributed by atoms with Gasteiger partial charge in [-0.3, -0.25) is 9.20 Å². The zero-order valence-electron chi connectivity index (χ0n) is 24.1. The van der Waals surface area contributed by atoms with E-state index in [1.54, 1.807) is 0 Å². The summed E-state index contributed by atoms with van der Waals surface area (Å²) in [6, 6.07) is 31.1. The van der Waals surface area contributed by atoms with E-state index in [4.69, 9.17) is 10.1 Å². The number of benzene rings is 3. The number of nitrogens with one attached hydrogen (secondary N) is 1. The second-order valence-electron chi connectivity index (χ2n) is 10.3. The van der Waals surface area contributed by atoms with Gasteiger partial charge in [-0.25, -0.2) is 4.98 Å². The Morgan fingerprint density at radius 2 is 1.52 bits per heavy atom. The summed E-state index contributed by atoms with van der Waals surface area (Å²) in [5.41, 5.74) is 7.86. The van der Waals surface area contributed by atoms with E-state index in [1.807, 2.05) is 43.3 Å². The molecule has 2 aromatic heterocycles. The summed E-state index contributed by atoms with van der Waals surface area (Å²) < 4.78 is 2.25. The lowest BCUT2D eigenvalue weighted by Gasteiger charge is -2.25. The number of nitrogens with zero attached hydrogens (tertiary/aromatic N) is 2. The van der Waals surface area contributed by atoms with Crippen molar-refractivity contribution in [3.63, 3.8) is 0 Å². The first-order valence-electron chi connectivity index (χ1n) is 14.3. The minimum Gasteiger partial charge on any atom is -0.395 e. The van der Waals surface area contributed by atoms with Crippen LogP contribution in [0, 0.1) is 19.8 Å². The first-order valence-corrected chi connectivity index (χ1v) is 14.3. The Kier molecular flexibility index (Phi) is 10.1. The second-order valence-corrected chi connectivity index (χ2v) is 10.3. The van der Waals surface area contributed by atoms with Crippen molar-refractivity contribution in [2.24, 2.45) is 5.92 Å². The lowest BCUT2D eigenvalue weighted by atomic mass is 9.81. The third kappa shape index (κ3) is 6.60. The van der Waals surface area contributed by atoms with Crippen LogP contribution in [0.2, 0.25) is 0 Å². The summed E-state index contributed by atoms with van der Waals surface area (Å²) >= 11 is 0. The highest BCUT2D eigenvalue weighted by molar-refractivity contribution is 5.91. The molecular weight excluding hydrogens is 494 g/mol. The van der Waals surface area contributed by atoms with Crippen LogP contribution in [0.3, 0.4) is 0 Å². The van der Waals surface area contributed by atoms with Crippen LogP contribution in [0.1, 0.15) is 60.7 Å². The van der Waals surface area contributed by atoms with Crippen LogP contribution in [-0.4, -0.2) is 33.6 Å². The number of aliphatic hydroxyl groups is 1. The molecule has 0 aliphatic carbocycles. The van der Waals surface area contributed by atoms with Gasteiger partial charge in [0.1, 0.15) is 5.65 Å². The molecule has 1 atom stereocenters. The number of aliphatic hydroxyl groups excluding tert-OH is 1. The van der Waals surface area contributed by atoms with E-state index in [1.165, 1.54) is 27.7 Å². The van der Waals surface area contributed by atoms with E-state index >= 15 is 0 Å². The fourth-order valence-corrected chi connectivity index (χ4v) is 5.63. The predicted molar refractivity (Wildman–Crippen MR) is 165 cm³/mol. The molecule has 0 aliphatic heterocycles. The van der Waals surface area contributed by atoms with Crippen molar-refractivity contribution >= 4 is 22.5 Å². The van der Waals surface area contributed by atoms with Crippen LogP contribution in [0.5, 0.6) is 0 Å². The normalized spacial score (nSPS) is 11.8. The van der Waals surface area contributed by atoms with Gasteiger partial charge in [0.05, 0.1) is 18.0 Å². The molecule has 208 valence electrons. The molecule has 1 unspecified atom stereocenters. The Morgan fingerprint density at radius 3 is 2.12 bits per heavy atom. The van der Waals surface area contributed by atoms with E-state index in [2.05, 4.69) is 85.1 Å². The molecule has 0 aliphatic rings. The third-order valence-corrected chi connectivity index (χ3v) is 7.60. The highest BCUT2D eigenvalue weighted by atomic mass is 16.3. The topological polar surface area (TPSA) is 66.6 Å². The average Bonchev–Trinajstić information content (AvgIpc) is 3.29. The number of rotatable bonds is 9. The van der Waals surface area contributed by atoms with Crippen LogP contribution >= 0.6 is 0 Å². The second kappa shape index (κ2) is 13.9. The molecule has 3 aromatic carbocycles. The van der Waals surface area contributed by atoms with Gasteiger partial charge in [0.2, 0.25) is 5.91 Å². The van der Waals surface area contributed by atoms with Gasteiger partial charge in [-0.15, -0.1) is 0 Å². The Labute approximate surface area is 237 Å². The molecule has 0 bridgehead atoms. The maximum absolute atomic E-state index is 12.9. The Balaban J connectivity index is 0.000000546. The van der Waals surface area contributed by atoms with Crippen molar-refractivity contribution in [1.29, 1.82) is 0 Å². The number of hydrogen-bond acceptors (Lipinski definition) is 3. The standard InChI is InChI=1S/C29H35N3O2.C6H6/c1-5-22(6-2)27(29(34)30-15-16-33)23-13-11-21(12-14-23)18-25-24-9-7-8-10-26(24)32-20(4)17-19(3)31-28(25)32;1-2-4-6-5-3-1/h7-14,17,22,27,33H,5-6,15-16,18H2,1-4H3,(H,30,34);1-6H. The number of para-hydroxylation sites is 1. The monoisotopic (exact) mass is 535 g/mol. The van der Waals surface area contributed by atoms with Crippen molar-refractivity contribution in [3.8, 4) is 0 Å². The Hall–Kier alpha value is -3.96. The van der Waals surface area contributed by atoms with Crippen LogP contribution in [-0.2, 0) is 11.2 Å². The lowest BCUT2D eigenvalue weighted by Crippen LogP contribution is -2.35. The van der Waals surface area contributed by atoms with Crippen molar-refractivity contribution in [2.75, 3.05) is 13.2 Å². The van der Waals surface area contributed by atoms with E-state index < -0.39 is 0 Å². The number of hydrogen-bond donors (Lipinski definition) is 2. The SMILES string of the molecule is CCC(CC)C(C(=O)NCCO)c1ccc(Cc2c3ccccc3n3c(C)cc(C)nc23)cc1.c1ccccc1. The molecule has 5 aromatic rings. The Morgan fingerprint density at radius 1 is 0.900 bits per heavy atom. The fraction of sp³-hybridized carbons (Fsp3) is 0.314. The fourth-order valence-electron chi connectivity index (χ4n) is 5.63. The highest BCUT2D eigenvalue weighted by Gasteiger charge is 2.27. The molecule has 1 amide bonds. The molecule has 0 saturated carbocycles. The molecule has 0 fully saturated rings. The molecule has 0 saturated heterocycles. The minimum absolute atomic E-state index is 0.00456. The first kappa shape index (κ1) is 29.0. The van der Waals surface area contributed by atoms with Crippen LogP contribution in [0.15, 0.2) is 91.0 Å². The minimum atomic E-state index is -0.210.